The molecule has 5 nitrogen and oxygen atoms in total. The molecule has 0 radical (unpaired) electrons. The van der Waals surface area contributed by atoms with E-state index in [9.17, 15) is 4.79 Å². The van der Waals surface area contributed by atoms with Crippen LogP contribution in [-0.4, -0.2) is 37.5 Å². The molecule has 0 aliphatic carbocycles. The second kappa shape index (κ2) is 11.5. The predicted octanol–water partition coefficient (Wildman–Crippen LogP) is 5.61. The quantitative estimate of drug-likeness (QED) is 0.358. The molecule has 1 unspecified atom stereocenters. The van der Waals surface area contributed by atoms with Crippen LogP contribution in [0.2, 0.25) is 0 Å². The Morgan fingerprint density at radius 2 is 1.32 bits per heavy atom. The highest BCUT2D eigenvalue weighted by Gasteiger charge is 2.16. The molecule has 0 aromatic heterocycles. The first-order chi connectivity index (χ1) is 15.0. The summed E-state index contributed by atoms with van der Waals surface area (Å²) in [6.45, 7) is 1.09. The van der Waals surface area contributed by atoms with Crippen LogP contribution in [0.15, 0.2) is 77.3 Å². The Kier molecular flexibility index (Phi) is 8.50. The number of carboxylic acids is 1. The molecule has 0 amide bonds. The number of hydrogen-bond donors (Lipinski definition) is 1. The second-order valence-electron chi connectivity index (χ2n) is 6.99. The Bertz CT molecular complexity index is 953. The topological polar surface area (TPSA) is 65.0 Å². The summed E-state index contributed by atoms with van der Waals surface area (Å²) in [6.07, 6.45) is 0.231. The molecule has 31 heavy (non-hydrogen) atoms. The molecule has 1 N–H and O–H groups in total. The summed E-state index contributed by atoms with van der Waals surface area (Å²) in [4.78, 5) is 11.0. The molecule has 0 fully saturated rings. The number of aliphatic carboxylic acids is 1. The molecule has 0 bridgehead atoms. The molecule has 0 heterocycles. The van der Waals surface area contributed by atoms with E-state index >= 15 is 0 Å². The number of rotatable bonds is 11. The van der Waals surface area contributed by atoms with Gasteiger partial charge in [-0.2, -0.15) is 0 Å². The van der Waals surface area contributed by atoms with Gasteiger partial charge < -0.3 is 19.3 Å². The van der Waals surface area contributed by atoms with Crippen molar-refractivity contribution in [2.24, 2.45) is 0 Å². The Morgan fingerprint density at radius 1 is 0.839 bits per heavy atom. The van der Waals surface area contributed by atoms with Gasteiger partial charge in [0.2, 0.25) is 0 Å². The summed E-state index contributed by atoms with van der Waals surface area (Å²) < 4.78 is 17.6. The minimum atomic E-state index is -0.967. The van der Waals surface area contributed by atoms with Crippen molar-refractivity contribution >= 4 is 21.9 Å². The molecule has 3 aromatic rings. The van der Waals surface area contributed by atoms with Gasteiger partial charge in [-0.15, -0.1) is 0 Å². The lowest BCUT2D eigenvalue weighted by Gasteiger charge is -2.11. The molecule has 3 aromatic carbocycles. The number of carbonyl (C=O) groups is 1. The number of ether oxygens (including phenoxy) is 3. The maximum Gasteiger partial charge on any atom is 0.333 e. The van der Waals surface area contributed by atoms with Crippen molar-refractivity contribution < 1.29 is 24.1 Å². The molecule has 0 saturated carbocycles. The lowest BCUT2D eigenvalue weighted by Crippen LogP contribution is -2.24. The first-order valence-corrected chi connectivity index (χ1v) is 10.8. The van der Waals surface area contributed by atoms with Crippen molar-refractivity contribution in [3.63, 3.8) is 0 Å². The summed E-state index contributed by atoms with van der Waals surface area (Å²) in [5.74, 6) is 0.606. The average Bonchev–Trinajstić information content (AvgIpc) is 2.79. The van der Waals surface area contributed by atoms with Gasteiger partial charge in [-0.3, -0.25) is 0 Å². The van der Waals surface area contributed by atoms with Crippen LogP contribution in [-0.2, 0) is 16.0 Å². The van der Waals surface area contributed by atoms with E-state index in [1.54, 1.807) is 0 Å². The van der Waals surface area contributed by atoms with Gasteiger partial charge >= 0.3 is 5.97 Å². The highest BCUT2D eigenvalue weighted by atomic mass is 79.9. The summed E-state index contributed by atoms with van der Waals surface area (Å²) in [7, 11) is 1.40. The Balaban J connectivity index is 1.38. The average molecular weight is 485 g/mol. The first-order valence-electron chi connectivity index (χ1n) is 10.0. The predicted molar refractivity (Wildman–Crippen MR) is 124 cm³/mol. The van der Waals surface area contributed by atoms with Gasteiger partial charge in [-0.25, -0.2) is 4.79 Å². The summed E-state index contributed by atoms with van der Waals surface area (Å²) >= 11 is 3.45. The van der Waals surface area contributed by atoms with Crippen LogP contribution in [0.3, 0.4) is 0 Å². The lowest BCUT2D eigenvalue weighted by atomic mass is 10.1. The number of benzene rings is 3. The fourth-order valence-corrected chi connectivity index (χ4v) is 3.30. The van der Waals surface area contributed by atoms with Gasteiger partial charge in [0, 0.05) is 24.4 Å². The van der Waals surface area contributed by atoms with E-state index in [0.717, 1.165) is 39.1 Å². The standard InChI is InChI=1S/C25H25BrO5/c1-29-24(25(27)28)17-18-3-11-22(12-4-18)30-15-2-16-31-23-13-7-20(8-14-23)19-5-9-21(26)10-6-19/h3-14,24H,2,15-17H2,1H3,(H,27,28). The number of carboxylic acid groups (broad SMARTS) is 1. The van der Waals surface area contributed by atoms with Crippen molar-refractivity contribution in [1.82, 2.24) is 0 Å². The van der Waals surface area contributed by atoms with Crippen LogP contribution in [0.5, 0.6) is 11.5 Å². The highest BCUT2D eigenvalue weighted by Crippen LogP contribution is 2.24. The number of methoxy groups -OCH3 is 1. The molecule has 162 valence electrons. The van der Waals surface area contributed by atoms with Crippen molar-refractivity contribution in [3.8, 4) is 22.6 Å². The van der Waals surface area contributed by atoms with Crippen LogP contribution in [0.25, 0.3) is 11.1 Å². The van der Waals surface area contributed by atoms with E-state index in [2.05, 4.69) is 40.2 Å². The molecule has 0 aliphatic heterocycles. The van der Waals surface area contributed by atoms with Gasteiger partial charge in [0.15, 0.2) is 6.10 Å². The third kappa shape index (κ3) is 7.12. The molecule has 0 saturated heterocycles. The molecule has 0 spiro atoms. The van der Waals surface area contributed by atoms with E-state index in [4.69, 9.17) is 19.3 Å². The molecule has 1 atom stereocenters. The Labute approximate surface area is 190 Å². The Morgan fingerprint density at radius 3 is 1.81 bits per heavy atom. The maximum absolute atomic E-state index is 11.0. The van der Waals surface area contributed by atoms with Crippen LogP contribution < -0.4 is 9.47 Å². The van der Waals surface area contributed by atoms with Crippen molar-refractivity contribution in [3.05, 3.63) is 82.8 Å². The van der Waals surface area contributed by atoms with E-state index < -0.39 is 12.1 Å². The van der Waals surface area contributed by atoms with Crippen LogP contribution in [0, 0.1) is 0 Å². The van der Waals surface area contributed by atoms with Crippen molar-refractivity contribution in [2.75, 3.05) is 20.3 Å². The molecular formula is C25H25BrO5. The SMILES string of the molecule is COC(Cc1ccc(OCCCOc2ccc(-c3ccc(Br)cc3)cc2)cc1)C(=O)O. The fraction of sp³-hybridized carbons (Fsp3) is 0.240. The third-order valence-corrected chi connectivity index (χ3v) is 5.29. The maximum atomic E-state index is 11.0. The van der Waals surface area contributed by atoms with Crippen molar-refractivity contribution in [1.29, 1.82) is 0 Å². The molecular weight excluding hydrogens is 460 g/mol. The zero-order chi connectivity index (χ0) is 22.1. The number of halogens is 1. The van der Waals surface area contributed by atoms with E-state index in [0.29, 0.717) is 19.6 Å². The van der Waals surface area contributed by atoms with Crippen LogP contribution >= 0.6 is 15.9 Å². The largest absolute Gasteiger partial charge is 0.493 e. The minimum Gasteiger partial charge on any atom is -0.493 e. The normalized spacial score (nSPS) is 11.7. The van der Waals surface area contributed by atoms with Crippen molar-refractivity contribution in [2.45, 2.75) is 18.9 Å². The summed E-state index contributed by atoms with van der Waals surface area (Å²) in [6, 6.07) is 23.6. The summed E-state index contributed by atoms with van der Waals surface area (Å²) in [5, 5.41) is 9.05. The second-order valence-corrected chi connectivity index (χ2v) is 7.91. The van der Waals surface area contributed by atoms with Gasteiger partial charge in [0.1, 0.15) is 11.5 Å². The Hall–Kier alpha value is -2.83. The van der Waals surface area contributed by atoms with Gasteiger partial charge in [-0.05, 0) is 53.1 Å². The smallest absolute Gasteiger partial charge is 0.333 e. The van der Waals surface area contributed by atoms with E-state index in [-0.39, 0.29) is 0 Å². The number of hydrogen-bond acceptors (Lipinski definition) is 4. The molecule has 3 rings (SSSR count). The van der Waals surface area contributed by atoms with Crippen LogP contribution in [0.4, 0.5) is 0 Å². The van der Waals surface area contributed by atoms with E-state index in [1.165, 1.54) is 7.11 Å². The highest BCUT2D eigenvalue weighted by molar-refractivity contribution is 9.10. The van der Waals surface area contributed by atoms with Gasteiger partial charge in [-0.1, -0.05) is 52.3 Å². The molecule has 6 heteroatoms. The van der Waals surface area contributed by atoms with Gasteiger partial charge in [0.05, 0.1) is 13.2 Å². The minimum absolute atomic E-state index is 0.320. The van der Waals surface area contributed by atoms with Gasteiger partial charge in [0.25, 0.3) is 0 Å². The zero-order valence-corrected chi connectivity index (χ0v) is 18.9. The lowest BCUT2D eigenvalue weighted by molar-refractivity contribution is -0.148. The fourth-order valence-electron chi connectivity index (χ4n) is 3.03. The van der Waals surface area contributed by atoms with E-state index in [1.807, 2.05) is 48.5 Å². The van der Waals surface area contributed by atoms with Crippen LogP contribution in [0.1, 0.15) is 12.0 Å². The summed E-state index contributed by atoms with van der Waals surface area (Å²) in [5.41, 5.74) is 3.19. The zero-order valence-electron chi connectivity index (χ0n) is 17.3. The first kappa shape index (κ1) is 22.8. The molecule has 0 aliphatic rings. The third-order valence-electron chi connectivity index (χ3n) is 4.76. The monoisotopic (exact) mass is 484 g/mol.